The van der Waals surface area contributed by atoms with Crippen LogP contribution in [0.25, 0.3) is 0 Å². The zero-order valence-electron chi connectivity index (χ0n) is 16.9. The topological polar surface area (TPSA) is 64.6 Å². The van der Waals surface area contributed by atoms with E-state index in [0.717, 1.165) is 0 Å². The molecule has 0 spiro atoms. The number of rotatable bonds is 8. The first-order valence-electron chi connectivity index (χ1n) is 10.0. The molecule has 0 radical (unpaired) electrons. The lowest BCUT2D eigenvalue weighted by Gasteiger charge is -2.25. The molecule has 2 aliphatic rings. The monoisotopic (exact) mass is 438 g/mol. The lowest BCUT2D eigenvalue weighted by molar-refractivity contribution is -0.261. The maximum Gasteiger partial charge on any atom is 0.272 e. The van der Waals surface area contributed by atoms with Gasteiger partial charge in [-0.2, -0.15) is 0 Å². The SMILES string of the molecule is CCOC1OC2C(O1)[C@H](COc1ccc(F)cc1)OCO[C@H]2COc1ccc(F)cc1. The van der Waals surface area contributed by atoms with Gasteiger partial charge in [0.25, 0.3) is 6.48 Å². The summed E-state index contributed by atoms with van der Waals surface area (Å²) in [5.74, 6) is 0.316. The molecule has 4 atom stereocenters. The second-order valence-electron chi connectivity index (χ2n) is 7.00. The molecule has 2 fully saturated rings. The van der Waals surface area contributed by atoms with Crippen LogP contribution in [0.2, 0.25) is 0 Å². The minimum Gasteiger partial charge on any atom is -0.491 e. The first kappa shape index (κ1) is 21.9. The molecule has 0 saturated carbocycles. The average Bonchev–Trinajstić information content (AvgIpc) is 3.12. The van der Waals surface area contributed by atoms with Crippen LogP contribution in [0.15, 0.2) is 48.5 Å². The van der Waals surface area contributed by atoms with Gasteiger partial charge in [0.15, 0.2) is 0 Å². The zero-order chi connectivity index (χ0) is 21.6. The van der Waals surface area contributed by atoms with Crippen LogP contribution in [0.3, 0.4) is 0 Å². The quantitative estimate of drug-likeness (QED) is 0.627. The standard InChI is InChI=1S/C22H24F2O7/c1-2-25-22-30-20-18(11-26-16-7-3-14(23)4-8-16)28-13-29-19(21(20)31-22)12-27-17-9-5-15(24)6-10-17/h3-10,18-22H,2,11-13H2,1H3/t18-,19-,20?,21?,22?/m0/s1. The van der Waals surface area contributed by atoms with Gasteiger partial charge < -0.3 is 33.2 Å². The molecule has 2 saturated heterocycles. The Bertz CT molecular complexity index is 752. The molecule has 4 rings (SSSR count). The van der Waals surface area contributed by atoms with Gasteiger partial charge in [-0.15, -0.1) is 0 Å². The van der Waals surface area contributed by atoms with Gasteiger partial charge in [-0.3, -0.25) is 0 Å². The van der Waals surface area contributed by atoms with Crippen molar-refractivity contribution in [3.8, 4) is 11.5 Å². The maximum atomic E-state index is 13.1. The highest BCUT2D eigenvalue weighted by molar-refractivity contribution is 5.23. The highest BCUT2D eigenvalue weighted by Gasteiger charge is 2.49. The number of hydrogen-bond acceptors (Lipinski definition) is 7. The van der Waals surface area contributed by atoms with Crippen LogP contribution in [-0.2, 0) is 23.7 Å². The molecule has 0 bridgehead atoms. The molecule has 2 heterocycles. The summed E-state index contributed by atoms with van der Waals surface area (Å²) in [6, 6.07) is 11.4. The van der Waals surface area contributed by atoms with E-state index in [-0.39, 0.29) is 31.6 Å². The number of hydrogen-bond donors (Lipinski definition) is 0. The van der Waals surface area contributed by atoms with E-state index < -0.39 is 30.9 Å². The van der Waals surface area contributed by atoms with Gasteiger partial charge >= 0.3 is 0 Å². The van der Waals surface area contributed by atoms with Crippen molar-refractivity contribution in [1.82, 2.24) is 0 Å². The third-order valence-corrected chi connectivity index (χ3v) is 4.92. The van der Waals surface area contributed by atoms with Crippen molar-refractivity contribution in [2.24, 2.45) is 0 Å². The lowest BCUT2D eigenvalue weighted by Crippen LogP contribution is -2.45. The van der Waals surface area contributed by atoms with Crippen LogP contribution in [0.5, 0.6) is 11.5 Å². The molecule has 168 valence electrons. The van der Waals surface area contributed by atoms with Crippen molar-refractivity contribution in [3.63, 3.8) is 0 Å². The maximum absolute atomic E-state index is 13.1. The van der Waals surface area contributed by atoms with Gasteiger partial charge in [-0.25, -0.2) is 8.78 Å². The summed E-state index contributed by atoms with van der Waals surface area (Å²) in [5.41, 5.74) is 0. The van der Waals surface area contributed by atoms with Gasteiger partial charge in [0.1, 0.15) is 67.6 Å². The largest absolute Gasteiger partial charge is 0.491 e. The van der Waals surface area contributed by atoms with E-state index in [0.29, 0.717) is 18.1 Å². The normalized spacial score (nSPS) is 28.0. The van der Waals surface area contributed by atoms with Gasteiger partial charge in [-0.05, 0) is 55.5 Å². The molecule has 9 heteroatoms. The Morgan fingerprint density at radius 3 is 1.65 bits per heavy atom. The van der Waals surface area contributed by atoms with Crippen molar-refractivity contribution in [3.05, 3.63) is 60.2 Å². The van der Waals surface area contributed by atoms with E-state index in [2.05, 4.69) is 0 Å². The fourth-order valence-electron chi connectivity index (χ4n) is 3.36. The molecule has 2 aromatic rings. The fraction of sp³-hybridized carbons (Fsp3) is 0.455. The summed E-state index contributed by atoms with van der Waals surface area (Å²) in [6.45, 7) is 1.63. The lowest BCUT2D eigenvalue weighted by atomic mass is 10.0. The summed E-state index contributed by atoms with van der Waals surface area (Å²) in [5, 5.41) is 0. The highest BCUT2D eigenvalue weighted by Crippen LogP contribution is 2.31. The summed E-state index contributed by atoms with van der Waals surface area (Å²) in [7, 11) is 0. The minimum absolute atomic E-state index is 0.0199. The molecule has 0 aliphatic carbocycles. The van der Waals surface area contributed by atoms with E-state index in [9.17, 15) is 8.78 Å². The van der Waals surface area contributed by atoms with Gasteiger partial charge in [0.05, 0.1) is 0 Å². The zero-order valence-corrected chi connectivity index (χ0v) is 16.9. The number of benzene rings is 2. The molecule has 2 aromatic carbocycles. The Morgan fingerprint density at radius 2 is 1.23 bits per heavy atom. The highest BCUT2D eigenvalue weighted by atomic mass is 19.1. The minimum atomic E-state index is -0.869. The van der Waals surface area contributed by atoms with Crippen LogP contribution in [0, 0.1) is 11.6 Å². The molecule has 2 aliphatic heterocycles. The third kappa shape index (κ3) is 5.69. The Labute approximate surface area is 178 Å². The first-order valence-corrected chi connectivity index (χ1v) is 10.0. The van der Waals surface area contributed by atoms with E-state index >= 15 is 0 Å². The first-order chi connectivity index (χ1) is 15.1. The van der Waals surface area contributed by atoms with Gasteiger partial charge in [0.2, 0.25) is 0 Å². The van der Waals surface area contributed by atoms with Crippen LogP contribution in [0.1, 0.15) is 6.92 Å². The predicted octanol–water partition coefficient (Wildman–Crippen LogP) is 3.27. The Morgan fingerprint density at radius 1 is 0.774 bits per heavy atom. The molecule has 0 N–H and O–H groups in total. The fourth-order valence-corrected chi connectivity index (χ4v) is 3.36. The predicted molar refractivity (Wildman–Crippen MR) is 104 cm³/mol. The summed E-state index contributed by atoms with van der Waals surface area (Å²) in [4.78, 5) is 0. The van der Waals surface area contributed by atoms with E-state index in [4.69, 9.17) is 33.2 Å². The third-order valence-electron chi connectivity index (χ3n) is 4.92. The Balaban J connectivity index is 1.42. The van der Waals surface area contributed by atoms with Crippen LogP contribution < -0.4 is 9.47 Å². The molecular formula is C22H24F2O7. The Kier molecular flexibility index (Phi) is 7.31. The molecular weight excluding hydrogens is 414 g/mol. The van der Waals surface area contributed by atoms with Crippen LogP contribution in [0.4, 0.5) is 8.78 Å². The van der Waals surface area contributed by atoms with E-state index in [1.807, 2.05) is 6.92 Å². The van der Waals surface area contributed by atoms with Crippen molar-refractivity contribution in [2.75, 3.05) is 26.6 Å². The number of halogens is 2. The molecule has 7 nitrogen and oxygen atoms in total. The summed E-state index contributed by atoms with van der Waals surface area (Å²) < 4.78 is 66.6. The molecule has 0 amide bonds. The summed E-state index contributed by atoms with van der Waals surface area (Å²) in [6.07, 6.45) is -2.12. The van der Waals surface area contributed by atoms with Crippen LogP contribution >= 0.6 is 0 Å². The number of ether oxygens (including phenoxy) is 7. The Hall–Kier alpha value is -2.30. The van der Waals surface area contributed by atoms with Crippen molar-refractivity contribution in [1.29, 1.82) is 0 Å². The second kappa shape index (κ2) is 10.3. The van der Waals surface area contributed by atoms with Gasteiger partial charge in [0, 0.05) is 6.61 Å². The molecule has 0 aromatic heterocycles. The van der Waals surface area contributed by atoms with E-state index in [1.165, 1.54) is 48.5 Å². The molecule has 31 heavy (non-hydrogen) atoms. The van der Waals surface area contributed by atoms with Crippen molar-refractivity contribution >= 4 is 0 Å². The average molecular weight is 438 g/mol. The molecule has 2 unspecified atom stereocenters. The number of fused-ring (bicyclic) bond motifs is 1. The van der Waals surface area contributed by atoms with Crippen molar-refractivity contribution < 1.29 is 41.9 Å². The summed E-state index contributed by atoms with van der Waals surface area (Å²) >= 11 is 0. The van der Waals surface area contributed by atoms with E-state index in [1.54, 1.807) is 0 Å². The van der Waals surface area contributed by atoms with Crippen molar-refractivity contribution in [2.45, 2.75) is 37.8 Å². The second-order valence-corrected chi connectivity index (χ2v) is 7.00. The van der Waals surface area contributed by atoms with Crippen LogP contribution in [-0.4, -0.2) is 57.5 Å². The smallest absolute Gasteiger partial charge is 0.272 e. The van der Waals surface area contributed by atoms with Gasteiger partial charge in [-0.1, -0.05) is 0 Å².